The van der Waals surface area contributed by atoms with Gasteiger partial charge in [0.15, 0.2) is 17.5 Å². The normalized spacial score (nSPS) is 15.1. The first-order valence-electron chi connectivity index (χ1n) is 8.65. The molecule has 1 aliphatic heterocycles. The Bertz CT molecular complexity index is 745. The Morgan fingerprint density at radius 2 is 2.04 bits per heavy atom. The minimum Gasteiger partial charge on any atom is -0.494 e. The van der Waals surface area contributed by atoms with E-state index in [9.17, 15) is 4.39 Å². The second-order valence-corrected chi connectivity index (χ2v) is 6.03. The molecule has 0 atom stereocenters. The van der Waals surface area contributed by atoms with Gasteiger partial charge in [-0.25, -0.2) is 9.37 Å². The predicted molar refractivity (Wildman–Crippen MR) is 101 cm³/mol. The zero-order valence-corrected chi connectivity index (χ0v) is 15.2. The van der Waals surface area contributed by atoms with Gasteiger partial charge in [-0.3, -0.25) is 4.99 Å². The van der Waals surface area contributed by atoms with E-state index < -0.39 is 0 Å². The lowest BCUT2D eigenvalue weighted by Gasteiger charge is -2.37. The number of hydrogen-bond donors (Lipinski definition) is 1. The first-order chi connectivity index (χ1) is 12.7. The van der Waals surface area contributed by atoms with Gasteiger partial charge in [-0.2, -0.15) is 0 Å². The van der Waals surface area contributed by atoms with Crippen molar-refractivity contribution in [3.05, 3.63) is 54.0 Å². The summed E-state index contributed by atoms with van der Waals surface area (Å²) in [5.41, 5.74) is 0.844. The number of piperazine rings is 1. The predicted octanol–water partition coefficient (Wildman–Crippen LogP) is 2.13. The zero-order valence-electron chi connectivity index (χ0n) is 15.2. The van der Waals surface area contributed by atoms with Crippen LogP contribution >= 0.6 is 0 Å². The summed E-state index contributed by atoms with van der Waals surface area (Å²) in [7, 11) is 3.23. The summed E-state index contributed by atoms with van der Waals surface area (Å²) in [6.07, 6.45) is 1.82. The van der Waals surface area contributed by atoms with Gasteiger partial charge in [0.2, 0.25) is 0 Å². The first-order valence-corrected chi connectivity index (χ1v) is 8.65. The zero-order chi connectivity index (χ0) is 18.4. The molecule has 0 unspecified atom stereocenters. The molecule has 2 aromatic rings. The average Bonchev–Trinajstić information content (AvgIpc) is 2.70. The van der Waals surface area contributed by atoms with Crippen molar-refractivity contribution < 1.29 is 9.13 Å². The number of nitrogens with one attached hydrogen (secondary N) is 1. The smallest absolute Gasteiger partial charge is 0.194 e. The number of rotatable bonds is 4. The van der Waals surface area contributed by atoms with E-state index in [-0.39, 0.29) is 11.6 Å². The lowest BCUT2D eigenvalue weighted by Crippen LogP contribution is -2.52. The summed E-state index contributed by atoms with van der Waals surface area (Å²) in [4.78, 5) is 13.2. The van der Waals surface area contributed by atoms with Crippen LogP contribution in [-0.4, -0.2) is 56.2 Å². The van der Waals surface area contributed by atoms with Gasteiger partial charge in [-0.05, 0) is 29.8 Å². The molecule has 0 radical (unpaired) electrons. The van der Waals surface area contributed by atoms with Crippen molar-refractivity contribution in [1.82, 2.24) is 15.2 Å². The third kappa shape index (κ3) is 4.22. The summed E-state index contributed by atoms with van der Waals surface area (Å²) >= 11 is 0. The fraction of sp³-hybridized carbons (Fsp3) is 0.368. The highest BCUT2D eigenvalue weighted by Crippen LogP contribution is 2.17. The van der Waals surface area contributed by atoms with Crippen molar-refractivity contribution in [2.45, 2.75) is 6.54 Å². The van der Waals surface area contributed by atoms with Crippen LogP contribution in [0, 0.1) is 5.82 Å². The number of methoxy groups -OCH3 is 1. The number of benzene rings is 1. The minimum absolute atomic E-state index is 0.253. The molecule has 3 rings (SSSR count). The number of aliphatic imine (C=N–C) groups is 1. The molecule has 0 bridgehead atoms. The van der Waals surface area contributed by atoms with Crippen LogP contribution in [0.3, 0.4) is 0 Å². The number of pyridine rings is 1. The number of anilines is 1. The first kappa shape index (κ1) is 18.0. The summed E-state index contributed by atoms with van der Waals surface area (Å²) in [6, 6.07) is 10.9. The minimum atomic E-state index is -0.356. The van der Waals surface area contributed by atoms with Crippen molar-refractivity contribution in [2.24, 2.45) is 4.99 Å². The highest BCUT2D eigenvalue weighted by Gasteiger charge is 2.20. The standard InChI is InChI=1S/C19H24FN5O/c1-21-19(23-14-15-6-7-17(26-2)16(20)13-15)25-11-9-24(10-12-25)18-5-3-4-8-22-18/h3-8,13H,9-12,14H2,1-2H3,(H,21,23). The van der Waals surface area contributed by atoms with Crippen molar-refractivity contribution in [3.8, 4) is 5.75 Å². The molecule has 0 spiro atoms. The highest BCUT2D eigenvalue weighted by molar-refractivity contribution is 5.80. The van der Waals surface area contributed by atoms with Gasteiger partial charge in [0.05, 0.1) is 7.11 Å². The van der Waals surface area contributed by atoms with Crippen LogP contribution in [0.25, 0.3) is 0 Å². The molecule has 0 saturated carbocycles. The van der Waals surface area contributed by atoms with E-state index in [1.165, 1.54) is 13.2 Å². The maximum Gasteiger partial charge on any atom is 0.194 e. The molecule has 1 aromatic heterocycles. The maximum atomic E-state index is 13.8. The monoisotopic (exact) mass is 357 g/mol. The Hall–Kier alpha value is -2.83. The van der Waals surface area contributed by atoms with Crippen molar-refractivity contribution in [1.29, 1.82) is 0 Å². The van der Waals surface area contributed by atoms with E-state index in [4.69, 9.17) is 4.74 Å². The van der Waals surface area contributed by atoms with Crippen LogP contribution in [0.5, 0.6) is 5.75 Å². The molecule has 0 amide bonds. The molecule has 1 fully saturated rings. The molecule has 0 aliphatic carbocycles. The largest absolute Gasteiger partial charge is 0.494 e. The molecular formula is C19H24FN5O. The Morgan fingerprint density at radius 1 is 1.23 bits per heavy atom. The van der Waals surface area contributed by atoms with Crippen LogP contribution in [0.15, 0.2) is 47.6 Å². The molecule has 1 saturated heterocycles. The van der Waals surface area contributed by atoms with E-state index in [2.05, 4.69) is 25.1 Å². The van der Waals surface area contributed by atoms with E-state index in [0.29, 0.717) is 6.54 Å². The Labute approximate surface area is 153 Å². The van der Waals surface area contributed by atoms with E-state index in [1.807, 2.05) is 30.5 Å². The summed E-state index contributed by atoms with van der Waals surface area (Å²) in [5, 5.41) is 3.31. The molecule has 6 nitrogen and oxygen atoms in total. The van der Waals surface area contributed by atoms with Gasteiger partial charge in [-0.15, -0.1) is 0 Å². The van der Waals surface area contributed by atoms with Crippen molar-refractivity contribution in [3.63, 3.8) is 0 Å². The lowest BCUT2D eigenvalue weighted by molar-refractivity contribution is 0.371. The van der Waals surface area contributed by atoms with Crippen LogP contribution in [0.4, 0.5) is 10.2 Å². The van der Waals surface area contributed by atoms with Crippen LogP contribution < -0.4 is 15.0 Å². The fourth-order valence-corrected chi connectivity index (χ4v) is 3.02. The quantitative estimate of drug-likeness (QED) is 0.671. The van der Waals surface area contributed by atoms with Crippen molar-refractivity contribution in [2.75, 3.05) is 45.2 Å². The molecule has 1 N–H and O–H groups in total. The fourth-order valence-electron chi connectivity index (χ4n) is 3.02. The third-order valence-corrected chi connectivity index (χ3v) is 4.43. The average molecular weight is 357 g/mol. The number of hydrogen-bond acceptors (Lipinski definition) is 4. The van der Waals surface area contributed by atoms with Gasteiger partial charge in [-0.1, -0.05) is 12.1 Å². The van der Waals surface area contributed by atoms with E-state index in [1.54, 1.807) is 13.1 Å². The van der Waals surface area contributed by atoms with Gasteiger partial charge in [0, 0.05) is 46.0 Å². The van der Waals surface area contributed by atoms with Gasteiger partial charge >= 0.3 is 0 Å². The van der Waals surface area contributed by atoms with Crippen LogP contribution in [0.2, 0.25) is 0 Å². The van der Waals surface area contributed by atoms with E-state index in [0.717, 1.165) is 43.5 Å². The van der Waals surface area contributed by atoms with Crippen molar-refractivity contribution >= 4 is 11.8 Å². The second-order valence-electron chi connectivity index (χ2n) is 6.03. The van der Waals surface area contributed by atoms with Crippen LogP contribution in [0.1, 0.15) is 5.56 Å². The SMILES string of the molecule is CN=C(NCc1ccc(OC)c(F)c1)N1CCN(c2ccccn2)CC1. The molecule has 26 heavy (non-hydrogen) atoms. The second kappa shape index (κ2) is 8.51. The Balaban J connectivity index is 1.54. The number of nitrogens with zero attached hydrogens (tertiary/aromatic N) is 4. The third-order valence-electron chi connectivity index (χ3n) is 4.43. The molecule has 138 valence electrons. The highest BCUT2D eigenvalue weighted by atomic mass is 19.1. The molecular weight excluding hydrogens is 333 g/mol. The molecule has 1 aliphatic rings. The number of guanidine groups is 1. The van der Waals surface area contributed by atoms with Gasteiger partial charge in [0.1, 0.15) is 5.82 Å². The number of halogens is 1. The number of aromatic nitrogens is 1. The number of ether oxygens (including phenoxy) is 1. The summed E-state index contributed by atoms with van der Waals surface area (Å²) in [5.74, 6) is 1.72. The van der Waals surface area contributed by atoms with Gasteiger partial charge in [0.25, 0.3) is 0 Å². The molecule has 2 heterocycles. The van der Waals surface area contributed by atoms with Crippen LogP contribution in [-0.2, 0) is 6.54 Å². The maximum absolute atomic E-state index is 13.8. The summed E-state index contributed by atoms with van der Waals surface area (Å²) in [6.45, 7) is 3.98. The Morgan fingerprint density at radius 3 is 2.65 bits per heavy atom. The topological polar surface area (TPSA) is 53.0 Å². The molecule has 7 heteroatoms. The Kier molecular flexibility index (Phi) is 5.88. The van der Waals surface area contributed by atoms with Gasteiger partial charge < -0.3 is 19.9 Å². The lowest BCUT2D eigenvalue weighted by atomic mass is 10.2. The van der Waals surface area contributed by atoms with E-state index >= 15 is 0 Å². The molecule has 1 aromatic carbocycles. The summed E-state index contributed by atoms with van der Waals surface area (Å²) < 4.78 is 18.8.